The van der Waals surface area contributed by atoms with Crippen molar-refractivity contribution in [1.29, 1.82) is 0 Å². The number of ether oxygens (including phenoxy) is 1. The molecule has 2 atom stereocenters. The molecule has 0 bridgehead atoms. The topological polar surface area (TPSA) is 61.9 Å². The predicted molar refractivity (Wildman–Crippen MR) is 93.7 cm³/mol. The smallest absolute Gasteiger partial charge is 0.234 e. The maximum atomic E-state index is 12.2. The number of piperazine rings is 1. The molecule has 24 heavy (non-hydrogen) atoms. The maximum absolute atomic E-state index is 12.2. The Kier molecular flexibility index (Phi) is 7.99. The van der Waals surface area contributed by atoms with E-state index >= 15 is 0 Å². The molecule has 2 aliphatic rings. The van der Waals surface area contributed by atoms with Crippen LogP contribution in [0.25, 0.3) is 0 Å². The van der Waals surface area contributed by atoms with Gasteiger partial charge in [-0.25, -0.2) is 0 Å². The van der Waals surface area contributed by atoms with Crippen molar-refractivity contribution in [1.82, 2.24) is 15.1 Å². The third kappa shape index (κ3) is 6.40. The van der Waals surface area contributed by atoms with Gasteiger partial charge in [0, 0.05) is 38.8 Å². The second-order valence-corrected chi connectivity index (χ2v) is 7.14. The highest BCUT2D eigenvalue weighted by atomic mass is 16.5. The van der Waals surface area contributed by atoms with Crippen molar-refractivity contribution in [2.45, 2.75) is 52.0 Å². The highest BCUT2D eigenvalue weighted by Gasteiger charge is 2.24. The van der Waals surface area contributed by atoms with Gasteiger partial charge in [-0.1, -0.05) is 19.8 Å². The van der Waals surface area contributed by atoms with E-state index in [1.807, 2.05) is 11.8 Å². The van der Waals surface area contributed by atoms with Crippen LogP contribution in [0.5, 0.6) is 0 Å². The van der Waals surface area contributed by atoms with Gasteiger partial charge in [-0.3, -0.25) is 14.5 Å². The van der Waals surface area contributed by atoms with Crippen molar-refractivity contribution in [2.24, 2.45) is 5.92 Å². The van der Waals surface area contributed by atoms with Gasteiger partial charge in [0.25, 0.3) is 0 Å². The Bertz CT molecular complexity index is 408. The van der Waals surface area contributed by atoms with Crippen molar-refractivity contribution in [2.75, 3.05) is 45.9 Å². The van der Waals surface area contributed by atoms with Crippen LogP contribution in [0, 0.1) is 5.92 Å². The molecule has 6 heteroatoms. The van der Waals surface area contributed by atoms with Gasteiger partial charge in [0.05, 0.1) is 19.6 Å². The van der Waals surface area contributed by atoms with Gasteiger partial charge in [-0.15, -0.1) is 0 Å². The molecule has 0 aromatic carbocycles. The van der Waals surface area contributed by atoms with Crippen molar-refractivity contribution in [3.63, 3.8) is 0 Å². The highest BCUT2D eigenvalue weighted by molar-refractivity contribution is 5.78. The fourth-order valence-electron chi connectivity index (χ4n) is 3.66. The van der Waals surface area contributed by atoms with Gasteiger partial charge >= 0.3 is 0 Å². The number of nitrogens with one attached hydrogen (secondary N) is 1. The van der Waals surface area contributed by atoms with Crippen LogP contribution in [0.15, 0.2) is 0 Å². The molecule has 1 saturated carbocycles. The number of hydrogen-bond acceptors (Lipinski definition) is 4. The standard InChI is InChI=1S/C18H33N3O3/c1-3-24-12-7-18(23)21-10-8-20(9-11-21)14-17(22)19-16-6-4-5-15(2)13-16/h15-16H,3-14H2,1-2H3,(H,19,22)/t15-,16+/m0/s1. The highest BCUT2D eigenvalue weighted by Crippen LogP contribution is 2.23. The summed E-state index contributed by atoms with van der Waals surface area (Å²) in [5.41, 5.74) is 0. The average Bonchev–Trinajstić information content (AvgIpc) is 2.55. The van der Waals surface area contributed by atoms with E-state index in [2.05, 4.69) is 17.1 Å². The largest absolute Gasteiger partial charge is 0.381 e. The zero-order valence-electron chi connectivity index (χ0n) is 15.3. The van der Waals surface area contributed by atoms with Crippen LogP contribution in [-0.2, 0) is 14.3 Å². The molecule has 2 amide bonds. The summed E-state index contributed by atoms with van der Waals surface area (Å²) in [7, 11) is 0. The minimum atomic E-state index is 0.130. The Labute approximate surface area is 145 Å². The Morgan fingerprint density at radius 2 is 1.92 bits per heavy atom. The van der Waals surface area contributed by atoms with E-state index in [1.165, 1.54) is 12.8 Å². The van der Waals surface area contributed by atoms with E-state index in [-0.39, 0.29) is 11.8 Å². The first-order valence-electron chi connectivity index (χ1n) is 9.45. The van der Waals surface area contributed by atoms with E-state index < -0.39 is 0 Å². The molecule has 1 aliphatic heterocycles. The summed E-state index contributed by atoms with van der Waals surface area (Å²) in [6, 6.07) is 0.350. The molecular weight excluding hydrogens is 306 g/mol. The van der Waals surface area contributed by atoms with Crippen LogP contribution < -0.4 is 5.32 Å². The summed E-state index contributed by atoms with van der Waals surface area (Å²) >= 11 is 0. The van der Waals surface area contributed by atoms with Gasteiger partial charge < -0.3 is 15.0 Å². The SMILES string of the molecule is CCOCCC(=O)N1CCN(CC(=O)N[C@@H]2CCC[C@H](C)C2)CC1. The number of amides is 2. The monoisotopic (exact) mass is 339 g/mol. The third-order valence-electron chi connectivity index (χ3n) is 5.06. The zero-order chi connectivity index (χ0) is 17.4. The summed E-state index contributed by atoms with van der Waals surface area (Å²) in [4.78, 5) is 28.3. The molecule has 0 radical (unpaired) electrons. The van der Waals surface area contributed by atoms with E-state index in [0.717, 1.165) is 31.8 Å². The summed E-state index contributed by atoms with van der Waals surface area (Å²) < 4.78 is 5.24. The minimum absolute atomic E-state index is 0.130. The summed E-state index contributed by atoms with van der Waals surface area (Å²) in [5, 5.41) is 3.19. The Balaban J connectivity index is 1.63. The average molecular weight is 339 g/mol. The molecule has 0 spiro atoms. The quantitative estimate of drug-likeness (QED) is 0.709. The van der Waals surface area contributed by atoms with Crippen LogP contribution in [0.2, 0.25) is 0 Å². The third-order valence-corrected chi connectivity index (χ3v) is 5.06. The second kappa shape index (κ2) is 9.99. The lowest BCUT2D eigenvalue weighted by Crippen LogP contribution is -2.52. The molecule has 0 unspecified atom stereocenters. The summed E-state index contributed by atoms with van der Waals surface area (Å²) in [5.74, 6) is 1.00. The van der Waals surface area contributed by atoms with Gasteiger partial charge in [0.1, 0.15) is 0 Å². The van der Waals surface area contributed by atoms with Crippen LogP contribution in [0.1, 0.15) is 46.0 Å². The number of carbonyl (C=O) groups excluding carboxylic acids is 2. The molecule has 138 valence electrons. The number of nitrogens with zero attached hydrogens (tertiary/aromatic N) is 2. The number of rotatable bonds is 7. The van der Waals surface area contributed by atoms with Crippen LogP contribution in [0.3, 0.4) is 0 Å². The number of hydrogen-bond donors (Lipinski definition) is 1. The summed E-state index contributed by atoms with van der Waals surface area (Å²) in [6.07, 6.45) is 5.17. The fraction of sp³-hybridized carbons (Fsp3) is 0.889. The zero-order valence-corrected chi connectivity index (χ0v) is 15.3. The summed E-state index contributed by atoms with van der Waals surface area (Å²) in [6.45, 7) is 8.75. The molecule has 2 fully saturated rings. The van der Waals surface area contributed by atoms with E-state index in [0.29, 0.717) is 45.3 Å². The van der Waals surface area contributed by atoms with E-state index in [9.17, 15) is 9.59 Å². The van der Waals surface area contributed by atoms with E-state index in [1.54, 1.807) is 0 Å². The molecule has 6 nitrogen and oxygen atoms in total. The lowest BCUT2D eigenvalue weighted by atomic mass is 9.87. The lowest BCUT2D eigenvalue weighted by Gasteiger charge is -2.35. The molecule has 1 heterocycles. The first-order chi connectivity index (χ1) is 11.6. The van der Waals surface area contributed by atoms with Gasteiger partial charge in [-0.2, -0.15) is 0 Å². The lowest BCUT2D eigenvalue weighted by molar-refractivity contribution is -0.134. The molecule has 1 N–H and O–H groups in total. The molecule has 0 aromatic heterocycles. The second-order valence-electron chi connectivity index (χ2n) is 7.14. The van der Waals surface area contributed by atoms with Crippen molar-refractivity contribution >= 4 is 11.8 Å². The fourth-order valence-corrected chi connectivity index (χ4v) is 3.66. The van der Waals surface area contributed by atoms with E-state index in [4.69, 9.17) is 4.74 Å². The molecule has 1 saturated heterocycles. The normalized spacial score (nSPS) is 25.5. The Hall–Kier alpha value is -1.14. The van der Waals surface area contributed by atoms with Gasteiger partial charge in [0.15, 0.2) is 0 Å². The van der Waals surface area contributed by atoms with Crippen LogP contribution >= 0.6 is 0 Å². The Morgan fingerprint density at radius 1 is 1.17 bits per heavy atom. The molecule has 0 aromatic rings. The first kappa shape index (κ1) is 19.2. The maximum Gasteiger partial charge on any atom is 0.234 e. The van der Waals surface area contributed by atoms with Crippen molar-refractivity contribution in [3.05, 3.63) is 0 Å². The molecular formula is C18H33N3O3. The Morgan fingerprint density at radius 3 is 2.58 bits per heavy atom. The predicted octanol–water partition coefficient (Wildman–Crippen LogP) is 1.25. The number of carbonyl (C=O) groups is 2. The van der Waals surface area contributed by atoms with Gasteiger partial charge in [0.2, 0.25) is 11.8 Å². The van der Waals surface area contributed by atoms with Gasteiger partial charge in [-0.05, 0) is 25.7 Å². The van der Waals surface area contributed by atoms with Crippen molar-refractivity contribution < 1.29 is 14.3 Å². The molecule has 2 rings (SSSR count). The van der Waals surface area contributed by atoms with Crippen LogP contribution in [0.4, 0.5) is 0 Å². The minimum Gasteiger partial charge on any atom is -0.381 e. The first-order valence-corrected chi connectivity index (χ1v) is 9.45. The molecule has 1 aliphatic carbocycles. The van der Waals surface area contributed by atoms with Crippen LogP contribution in [-0.4, -0.2) is 73.6 Å². The van der Waals surface area contributed by atoms with Crippen molar-refractivity contribution in [3.8, 4) is 0 Å².